The highest BCUT2D eigenvalue weighted by molar-refractivity contribution is 5.86. The lowest BCUT2D eigenvalue weighted by atomic mass is 9.81. The third kappa shape index (κ3) is 4.78. The average Bonchev–Trinajstić information content (AvgIpc) is 3.30. The van der Waals surface area contributed by atoms with E-state index in [0.29, 0.717) is 17.8 Å². The second-order valence-corrected chi connectivity index (χ2v) is 11.1. The van der Waals surface area contributed by atoms with E-state index in [2.05, 4.69) is 60.0 Å². The molecule has 0 bridgehead atoms. The van der Waals surface area contributed by atoms with Crippen molar-refractivity contribution in [3.8, 4) is 5.75 Å². The second-order valence-electron chi connectivity index (χ2n) is 11.1. The Bertz CT molecular complexity index is 1050. The first kappa shape index (κ1) is 24.1. The van der Waals surface area contributed by atoms with Crippen molar-refractivity contribution in [2.45, 2.75) is 64.0 Å². The van der Waals surface area contributed by atoms with Gasteiger partial charge in [-0.2, -0.15) is 0 Å². The molecule has 2 aromatic rings. The van der Waals surface area contributed by atoms with Crippen LogP contribution < -0.4 is 15.0 Å². The topological polar surface area (TPSA) is 48.1 Å². The van der Waals surface area contributed by atoms with Gasteiger partial charge in [0.05, 0.1) is 6.17 Å². The number of likely N-dealkylation sites (N-methyl/N-ethyl adjacent to an activating group) is 1. The van der Waals surface area contributed by atoms with Crippen LogP contribution >= 0.6 is 0 Å². The Balaban J connectivity index is 1.25. The number of likely N-dealkylation sites (tertiary alicyclic amines) is 2. The summed E-state index contributed by atoms with van der Waals surface area (Å²) in [4.78, 5) is 20.3. The molecule has 35 heavy (non-hydrogen) atoms. The van der Waals surface area contributed by atoms with Gasteiger partial charge in [0.1, 0.15) is 5.75 Å². The number of nitrogens with one attached hydrogen (secondary N) is 1. The van der Waals surface area contributed by atoms with Crippen LogP contribution in [0.4, 0.5) is 16.2 Å². The van der Waals surface area contributed by atoms with Gasteiger partial charge in [-0.25, -0.2) is 4.79 Å². The molecule has 3 aliphatic heterocycles. The van der Waals surface area contributed by atoms with Crippen molar-refractivity contribution in [3.63, 3.8) is 0 Å². The Labute approximate surface area is 210 Å². The molecule has 6 nitrogen and oxygen atoms in total. The summed E-state index contributed by atoms with van der Waals surface area (Å²) < 4.78 is 5.71. The lowest BCUT2D eigenvalue weighted by Gasteiger charge is -2.36. The first-order valence-corrected chi connectivity index (χ1v) is 13.3. The minimum Gasteiger partial charge on any atom is -0.410 e. The first-order valence-electron chi connectivity index (χ1n) is 13.3. The van der Waals surface area contributed by atoms with Gasteiger partial charge in [-0.1, -0.05) is 39.3 Å². The second kappa shape index (κ2) is 9.82. The zero-order chi connectivity index (χ0) is 24.6. The minimum absolute atomic E-state index is 0.0362. The maximum atomic E-state index is 12.6. The van der Waals surface area contributed by atoms with Gasteiger partial charge < -0.3 is 14.5 Å². The summed E-state index contributed by atoms with van der Waals surface area (Å²) in [5.41, 5.74) is 4.56. The fourth-order valence-corrected chi connectivity index (χ4v) is 6.34. The summed E-state index contributed by atoms with van der Waals surface area (Å²) >= 11 is 0. The third-order valence-electron chi connectivity index (χ3n) is 8.35. The van der Waals surface area contributed by atoms with Crippen LogP contribution in [0.15, 0.2) is 42.5 Å². The van der Waals surface area contributed by atoms with Gasteiger partial charge in [-0.05, 0) is 79.7 Å². The highest BCUT2D eigenvalue weighted by Crippen LogP contribution is 2.52. The lowest BCUT2D eigenvalue weighted by Crippen LogP contribution is -2.49. The molecule has 0 saturated carbocycles. The van der Waals surface area contributed by atoms with Crippen molar-refractivity contribution in [1.82, 2.24) is 9.80 Å². The zero-order valence-corrected chi connectivity index (χ0v) is 21.7. The first-order chi connectivity index (χ1) is 16.8. The molecule has 0 aliphatic carbocycles. The van der Waals surface area contributed by atoms with Crippen LogP contribution in [0.5, 0.6) is 5.75 Å². The Morgan fingerprint density at radius 2 is 1.80 bits per heavy atom. The number of anilines is 2. The van der Waals surface area contributed by atoms with E-state index in [1.165, 1.54) is 49.2 Å². The quantitative estimate of drug-likeness (QED) is 0.584. The molecule has 188 valence electrons. The highest BCUT2D eigenvalue weighted by atomic mass is 16.6. The van der Waals surface area contributed by atoms with E-state index >= 15 is 0 Å². The number of benzene rings is 2. The molecule has 5 rings (SSSR count). The van der Waals surface area contributed by atoms with E-state index in [4.69, 9.17) is 4.74 Å². The fourth-order valence-electron chi connectivity index (χ4n) is 6.34. The van der Waals surface area contributed by atoms with Crippen LogP contribution in [0.2, 0.25) is 0 Å². The summed E-state index contributed by atoms with van der Waals surface area (Å²) in [5.74, 6) is 1.06. The highest BCUT2D eigenvalue weighted by Gasteiger charge is 2.53. The molecule has 3 aliphatic rings. The van der Waals surface area contributed by atoms with Crippen LogP contribution in [-0.4, -0.2) is 61.8 Å². The number of amides is 1. The van der Waals surface area contributed by atoms with Crippen LogP contribution in [0, 0.1) is 0 Å². The molecule has 1 amide bonds. The number of fused-ring (bicyclic) bond motifs is 3. The van der Waals surface area contributed by atoms with E-state index in [1.807, 2.05) is 30.3 Å². The van der Waals surface area contributed by atoms with Crippen molar-refractivity contribution in [2.75, 3.05) is 50.0 Å². The number of ether oxygens (including phenoxy) is 1. The number of nitrogens with zero attached hydrogens (tertiary/aromatic N) is 3. The maximum Gasteiger partial charge on any atom is 0.417 e. The van der Waals surface area contributed by atoms with E-state index in [-0.39, 0.29) is 5.41 Å². The Hall–Kier alpha value is -2.57. The van der Waals surface area contributed by atoms with E-state index in [0.717, 1.165) is 31.7 Å². The normalized spacial score (nSPS) is 24.5. The Morgan fingerprint density at radius 1 is 1.06 bits per heavy atom. The van der Waals surface area contributed by atoms with Crippen LogP contribution in [-0.2, 0) is 5.41 Å². The van der Waals surface area contributed by atoms with Gasteiger partial charge in [-0.15, -0.1) is 0 Å². The molecule has 1 unspecified atom stereocenters. The smallest absolute Gasteiger partial charge is 0.410 e. The number of carbonyl (C=O) groups is 1. The summed E-state index contributed by atoms with van der Waals surface area (Å²) in [6.45, 7) is 12.6. The van der Waals surface area contributed by atoms with E-state index < -0.39 is 6.09 Å². The van der Waals surface area contributed by atoms with E-state index in [1.54, 1.807) is 0 Å². The number of carbonyl (C=O) groups excluding carboxylic acids is 1. The summed E-state index contributed by atoms with van der Waals surface area (Å²) in [6.07, 6.45) is 5.08. The predicted octanol–water partition coefficient (Wildman–Crippen LogP) is 5.65. The third-order valence-corrected chi connectivity index (χ3v) is 8.35. The molecule has 2 saturated heterocycles. The Morgan fingerprint density at radius 3 is 2.51 bits per heavy atom. The molecular weight excluding hydrogens is 436 g/mol. The molecule has 0 spiro atoms. The van der Waals surface area contributed by atoms with Crippen LogP contribution in [0.25, 0.3) is 0 Å². The molecule has 2 aromatic carbocycles. The molecule has 2 fully saturated rings. The van der Waals surface area contributed by atoms with Gasteiger partial charge in [-0.3, -0.25) is 10.2 Å². The molecule has 2 atom stereocenters. The summed E-state index contributed by atoms with van der Waals surface area (Å²) in [5, 5.41) is 2.86. The van der Waals surface area contributed by atoms with Crippen LogP contribution in [0.1, 0.15) is 63.5 Å². The fraction of sp³-hybridized carbons (Fsp3) is 0.552. The molecule has 0 radical (unpaired) electrons. The minimum atomic E-state index is -0.454. The number of hydrogen-bond acceptors (Lipinski definition) is 5. The molecule has 0 aromatic heterocycles. The van der Waals surface area contributed by atoms with Gasteiger partial charge >= 0.3 is 6.09 Å². The largest absolute Gasteiger partial charge is 0.417 e. The number of rotatable bonds is 6. The SMILES string of the molecule is CC(C)c1ccc(NC(=O)Oc2ccc3c(c2)[C@]2(C)CCN(CCN4CCCCC4)C2N3C)cc1. The molecule has 3 heterocycles. The number of piperidine rings is 1. The zero-order valence-electron chi connectivity index (χ0n) is 21.7. The van der Waals surface area contributed by atoms with Crippen molar-refractivity contribution in [2.24, 2.45) is 0 Å². The Kier molecular flexibility index (Phi) is 6.78. The lowest BCUT2D eigenvalue weighted by molar-refractivity contribution is 0.164. The van der Waals surface area contributed by atoms with Crippen molar-refractivity contribution < 1.29 is 9.53 Å². The van der Waals surface area contributed by atoms with E-state index in [9.17, 15) is 4.79 Å². The van der Waals surface area contributed by atoms with Gasteiger partial charge in [0, 0.05) is 43.5 Å². The van der Waals surface area contributed by atoms with Gasteiger partial charge in [0.15, 0.2) is 0 Å². The summed E-state index contributed by atoms with van der Waals surface area (Å²) in [7, 11) is 2.21. The van der Waals surface area contributed by atoms with Crippen molar-refractivity contribution in [1.29, 1.82) is 0 Å². The van der Waals surface area contributed by atoms with Crippen molar-refractivity contribution >= 4 is 17.5 Å². The van der Waals surface area contributed by atoms with Gasteiger partial charge in [0.25, 0.3) is 0 Å². The standard InChI is InChI=1S/C29H40N4O2/c1-21(2)22-8-10-23(11-9-22)30-28(34)35-24-12-13-26-25(20-24)29(3)14-17-33(27(29)31(26)4)19-18-32-15-6-5-7-16-32/h8-13,20-21,27H,5-7,14-19H2,1-4H3,(H,30,34)/t27?,29-/m0/s1. The van der Waals surface area contributed by atoms with Gasteiger partial charge in [0.2, 0.25) is 0 Å². The molecular formula is C29H40N4O2. The maximum absolute atomic E-state index is 12.6. The van der Waals surface area contributed by atoms with Crippen LogP contribution in [0.3, 0.4) is 0 Å². The summed E-state index contributed by atoms with van der Waals surface area (Å²) in [6, 6.07) is 14.1. The molecule has 6 heteroatoms. The number of hydrogen-bond donors (Lipinski definition) is 1. The average molecular weight is 477 g/mol. The predicted molar refractivity (Wildman–Crippen MR) is 143 cm³/mol. The van der Waals surface area contributed by atoms with Crippen molar-refractivity contribution in [3.05, 3.63) is 53.6 Å². The monoisotopic (exact) mass is 476 g/mol. The molecule has 1 N–H and O–H groups in total.